The van der Waals surface area contributed by atoms with Gasteiger partial charge < -0.3 is 19.8 Å². The number of hydrogen-bond acceptors (Lipinski definition) is 6. The highest BCUT2D eigenvalue weighted by molar-refractivity contribution is 5.85. The summed E-state index contributed by atoms with van der Waals surface area (Å²) in [6.07, 6.45) is 1.96. The molecular weight excluding hydrogens is 328 g/mol. The van der Waals surface area contributed by atoms with E-state index in [1.54, 1.807) is 7.11 Å². The molecule has 0 bridgehead atoms. The van der Waals surface area contributed by atoms with Crippen molar-refractivity contribution in [1.29, 1.82) is 0 Å². The normalized spacial score (nSPS) is 13.0. The monoisotopic (exact) mass is 354 g/mol. The zero-order chi connectivity index (χ0) is 16.7. The molecule has 0 aliphatic carbocycles. The molecule has 0 aliphatic heterocycles. The van der Waals surface area contributed by atoms with Gasteiger partial charge in [0.05, 0.1) is 13.7 Å². The van der Waals surface area contributed by atoms with Crippen molar-refractivity contribution in [3.63, 3.8) is 0 Å². The number of nitrogens with one attached hydrogen (secondary N) is 2. The Labute approximate surface area is 149 Å². The molecule has 1 aromatic heterocycles. The maximum Gasteiger partial charge on any atom is 0.315 e. The molecule has 1 atom stereocenters. The fourth-order valence-corrected chi connectivity index (χ4v) is 2.64. The van der Waals surface area contributed by atoms with E-state index in [4.69, 9.17) is 9.15 Å². The number of anilines is 1. The Morgan fingerprint density at radius 1 is 1.25 bits per heavy atom. The molecule has 1 aromatic carbocycles. The lowest BCUT2D eigenvalue weighted by Gasteiger charge is -2.30. The Balaban J connectivity index is 0.00000288. The van der Waals surface area contributed by atoms with Gasteiger partial charge in [0, 0.05) is 12.1 Å². The van der Waals surface area contributed by atoms with Crippen LogP contribution in [0.1, 0.15) is 38.1 Å². The van der Waals surface area contributed by atoms with Gasteiger partial charge in [-0.15, -0.1) is 17.5 Å². The summed E-state index contributed by atoms with van der Waals surface area (Å²) in [5.41, 5.74) is 1.25. The number of rotatable bonds is 9. The SMILES string of the molecule is CCC(C)(CCNc1nnc(CNC)o1)c1ccccc1OC.Cl. The maximum atomic E-state index is 5.52. The van der Waals surface area contributed by atoms with Gasteiger partial charge >= 0.3 is 6.01 Å². The van der Waals surface area contributed by atoms with Crippen molar-refractivity contribution in [2.75, 3.05) is 26.0 Å². The number of aromatic nitrogens is 2. The lowest BCUT2D eigenvalue weighted by molar-refractivity contribution is 0.370. The zero-order valence-corrected chi connectivity index (χ0v) is 15.6. The maximum absolute atomic E-state index is 5.52. The summed E-state index contributed by atoms with van der Waals surface area (Å²) in [7, 11) is 3.56. The van der Waals surface area contributed by atoms with E-state index >= 15 is 0 Å². The van der Waals surface area contributed by atoms with Crippen LogP contribution in [0.4, 0.5) is 6.01 Å². The number of methoxy groups -OCH3 is 1. The fraction of sp³-hybridized carbons (Fsp3) is 0.529. The van der Waals surface area contributed by atoms with Crippen molar-refractivity contribution in [2.24, 2.45) is 0 Å². The molecule has 2 aromatic rings. The summed E-state index contributed by atoms with van der Waals surface area (Å²) >= 11 is 0. The van der Waals surface area contributed by atoms with E-state index in [0.29, 0.717) is 18.5 Å². The number of benzene rings is 1. The number of nitrogens with zero attached hydrogens (tertiary/aromatic N) is 2. The standard InChI is InChI=1S/C17H26N4O2.ClH/c1-5-17(2,13-8-6-7-9-14(13)22-4)10-11-19-16-21-20-15(23-16)12-18-3;/h6-9,18H,5,10-12H2,1-4H3,(H,19,21);1H. The molecule has 0 saturated heterocycles. The molecule has 0 amide bonds. The van der Waals surface area contributed by atoms with E-state index in [-0.39, 0.29) is 17.8 Å². The molecule has 24 heavy (non-hydrogen) atoms. The Bertz CT molecular complexity index is 620. The Kier molecular flexibility index (Phi) is 8.01. The second-order valence-corrected chi connectivity index (χ2v) is 5.82. The van der Waals surface area contributed by atoms with Crippen molar-refractivity contribution < 1.29 is 9.15 Å². The first-order chi connectivity index (χ1) is 11.1. The minimum atomic E-state index is 0. The first kappa shape index (κ1) is 20.3. The summed E-state index contributed by atoms with van der Waals surface area (Å²) in [4.78, 5) is 0. The van der Waals surface area contributed by atoms with Gasteiger partial charge in [-0.25, -0.2) is 0 Å². The van der Waals surface area contributed by atoms with Crippen LogP contribution in [0.2, 0.25) is 0 Å². The number of hydrogen-bond donors (Lipinski definition) is 2. The molecule has 0 aliphatic rings. The van der Waals surface area contributed by atoms with Gasteiger partial charge in [0.25, 0.3) is 0 Å². The molecule has 0 saturated carbocycles. The average Bonchev–Trinajstić information content (AvgIpc) is 3.02. The first-order valence-electron chi connectivity index (χ1n) is 7.97. The van der Waals surface area contributed by atoms with Crippen molar-refractivity contribution >= 4 is 18.4 Å². The quantitative estimate of drug-likeness (QED) is 0.719. The van der Waals surface area contributed by atoms with Gasteiger partial charge in [-0.05, 0) is 31.4 Å². The van der Waals surface area contributed by atoms with Crippen LogP contribution in [0, 0.1) is 0 Å². The predicted molar refractivity (Wildman–Crippen MR) is 98.1 cm³/mol. The molecule has 0 fully saturated rings. The summed E-state index contributed by atoms with van der Waals surface area (Å²) in [6, 6.07) is 8.67. The second kappa shape index (κ2) is 9.49. The second-order valence-electron chi connectivity index (χ2n) is 5.82. The fourth-order valence-electron chi connectivity index (χ4n) is 2.64. The van der Waals surface area contributed by atoms with Gasteiger partial charge in [0.15, 0.2) is 0 Å². The van der Waals surface area contributed by atoms with Crippen LogP contribution in [-0.4, -0.2) is 30.9 Å². The van der Waals surface area contributed by atoms with E-state index in [1.165, 1.54) is 5.56 Å². The molecule has 2 rings (SSSR count). The zero-order valence-electron chi connectivity index (χ0n) is 14.8. The Hall–Kier alpha value is -1.79. The van der Waals surface area contributed by atoms with E-state index in [9.17, 15) is 0 Å². The third kappa shape index (κ3) is 4.85. The van der Waals surface area contributed by atoms with Crippen LogP contribution in [-0.2, 0) is 12.0 Å². The summed E-state index contributed by atoms with van der Waals surface area (Å²) < 4.78 is 11.0. The third-order valence-corrected chi connectivity index (χ3v) is 4.29. The summed E-state index contributed by atoms with van der Waals surface area (Å²) in [5, 5.41) is 14.2. The van der Waals surface area contributed by atoms with Crippen LogP contribution in [0.3, 0.4) is 0 Å². The van der Waals surface area contributed by atoms with Gasteiger partial charge in [-0.3, -0.25) is 0 Å². The number of para-hydroxylation sites is 1. The van der Waals surface area contributed by atoms with Crippen LogP contribution >= 0.6 is 12.4 Å². The molecule has 2 N–H and O–H groups in total. The molecule has 0 spiro atoms. The number of ether oxygens (including phenoxy) is 1. The topological polar surface area (TPSA) is 72.2 Å². The smallest absolute Gasteiger partial charge is 0.315 e. The molecular formula is C17H27ClN4O2. The average molecular weight is 355 g/mol. The predicted octanol–water partition coefficient (Wildman–Crippen LogP) is 3.39. The lowest BCUT2D eigenvalue weighted by Crippen LogP contribution is -2.25. The van der Waals surface area contributed by atoms with Crippen molar-refractivity contribution in [3.05, 3.63) is 35.7 Å². The largest absolute Gasteiger partial charge is 0.496 e. The van der Waals surface area contributed by atoms with E-state index in [1.807, 2.05) is 19.2 Å². The minimum absolute atomic E-state index is 0. The highest BCUT2D eigenvalue weighted by Crippen LogP contribution is 2.37. The highest BCUT2D eigenvalue weighted by atomic mass is 35.5. The molecule has 134 valence electrons. The van der Waals surface area contributed by atoms with Crippen LogP contribution in [0.5, 0.6) is 5.75 Å². The first-order valence-corrected chi connectivity index (χ1v) is 7.97. The molecule has 1 unspecified atom stereocenters. The van der Waals surface area contributed by atoms with Crippen LogP contribution < -0.4 is 15.4 Å². The molecule has 0 radical (unpaired) electrons. The molecule has 6 nitrogen and oxygen atoms in total. The third-order valence-electron chi connectivity index (χ3n) is 4.29. The van der Waals surface area contributed by atoms with E-state index < -0.39 is 0 Å². The lowest BCUT2D eigenvalue weighted by atomic mass is 9.77. The summed E-state index contributed by atoms with van der Waals surface area (Å²) in [6.45, 7) is 5.78. The van der Waals surface area contributed by atoms with Crippen LogP contribution in [0.25, 0.3) is 0 Å². The Morgan fingerprint density at radius 3 is 2.67 bits per heavy atom. The van der Waals surface area contributed by atoms with Crippen molar-refractivity contribution in [3.8, 4) is 5.75 Å². The van der Waals surface area contributed by atoms with Gasteiger partial charge in [0.1, 0.15) is 5.75 Å². The van der Waals surface area contributed by atoms with Gasteiger partial charge in [0.2, 0.25) is 5.89 Å². The van der Waals surface area contributed by atoms with Gasteiger partial charge in [-0.2, -0.15) is 0 Å². The number of halogens is 1. The van der Waals surface area contributed by atoms with Crippen molar-refractivity contribution in [1.82, 2.24) is 15.5 Å². The molecule has 1 heterocycles. The van der Waals surface area contributed by atoms with Crippen LogP contribution in [0.15, 0.2) is 28.7 Å². The molecule has 7 heteroatoms. The summed E-state index contributed by atoms with van der Waals surface area (Å²) in [5.74, 6) is 1.52. The van der Waals surface area contributed by atoms with Crippen molar-refractivity contribution in [2.45, 2.75) is 38.6 Å². The van der Waals surface area contributed by atoms with Gasteiger partial charge in [-0.1, -0.05) is 37.1 Å². The van der Waals surface area contributed by atoms with E-state index in [2.05, 4.69) is 46.8 Å². The highest BCUT2D eigenvalue weighted by Gasteiger charge is 2.27. The Morgan fingerprint density at radius 2 is 2.00 bits per heavy atom. The minimum Gasteiger partial charge on any atom is -0.496 e. The van der Waals surface area contributed by atoms with E-state index in [0.717, 1.165) is 25.1 Å².